The Morgan fingerprint density at radius 2 is 1.45 bits per heavy atom. The summed E-state index contributed by atoms with van der Waals surface area (Å²) >= 11 is 5.99. The zero-order valence-electron chi connectivity index (χ0n) is 15.8. The monoisotopic (exact) mass is 408 g/mol. The van der Waals surface area contributed by atoms with Gasteiger partial charge in [0.05, 0.1) is 36.7 Å². The highest BCUT2D eigenvalue weighted by atomic mass is 35.5. The standard InChI is InChI=1S/C22H17ClN2O4/c1-28-21(26)15-8-6-14(7-9-15)19-11-10-16(22(27)29-2)12-20(19)25-24-18-5-3-4-17(23)13-18/h3-13H,1-2H3. The van der Waals surface area contributed by atoms with E-state index >= 15 is 0 Å². The van der Waals surface area contributed by atoms with E-state index in [0.717, 1.165) is 11.1 Å². The Morgan fingerprint density at radius 1 is 0.793 bits per heavy atom. The van der Waals surface area contributed by atoms with E-state index in [4.69, 9.17) is 21.1 Å². The minimum Gasteiger partial charge on any atom is -0.465 e. The summed E-state index contributed by atoms with van der Waals surface area (Å²) in [5.41, 5.74) is 3.37. The number of azo groups is 1. The Balaban J connectivity index is 2.04. The molecule has 146 valence electrons. The number of nitrogens with zero attached hydrogens (tertiary/aromatic N) is 2. The second kappa shape index (κ2) is 9.12. The van der Waals surface area contributed by atoms with E-state index in [0.29, 0.717) is 27.5 Å². The molecule has 0 fully saturated rings. The highest BCUT2D eigenvalue weighted by molar-refractivity contribution is 6.30. The fraction of sp³-hybridized carbons (Fsp3) is 0.0909. The van der Waals surface area contributed by atoms with E-state index < -0.39 is 11.9 Å². The number of rotatable bonds is 5. The van der Waals surface area contributed by atoms with Gasteiger partial charge in [0.2, 0.25) is 0 Å². The van der Waals surface area contributed by atoms with Crippen molar-refractivity contribution in [2.24, 2.45) is 10.2 Å². The average molecular weight is 409 g/mol. The molecule has 0 spiro atoms. The summed E-state index contributed by atoms with van der Waals surface area (Å²) in [7, 11) is 2.64. The van der Waals surface area contributed by atoms with Crippen LogP contribution in [0.4, 0.5) is 11.4 Å². The largest absolute Gasteiger partial charge is 0.465 e. The van der Waals surface area contributed by atoms with Gasteiger partial charge in [-0.05, 0) is 48.0 Å². The molecule has 0 aliphatic heterocycles. The number of esters is 2. The summed E-state index contributed by atoms with van der Waals surface area (Å²) in [5, 5.41) is 9.08. The Morgan fingerprint density at radius 3 is 2.10 bits per heavy atom. The van der Waals surface area contributed by atoms with Crippen molar-refractivity contribution in [1.29, 1.82) is 0 Å². The maximum absolute atomic E-state index is 11.9. The molecule has 0 unspecified atom stereocenters. The topological polar surface area (TPSA) is 77.3 Å². The number of ether oxygens (including phenoxy) is 2. The highest BCUT2D eigenvalue weighted by Gasteiger charge is 2.12. The van der Waals surface area contributed by atoms with E-state index in [9.17, 15) is 9.59 Å². The van der Waals surface area contributed by atoms with Gasteiger partial charge in [-0.15, -0.1) is 5.11 Å². The van der Waals surface area contributed by atoms with Crippen LogP contribution in [-0.2, 0) is 9.47 Å². The minimum absolute atomic E-state index is 0.350. The van der Waals surface area contributed by atoms with E-state index in [-0.39, 0.29) is 0 Å². The molecule has 0 aromatic heterocycles. The summed E-state index contributed by atoms with van der Waals surface area (Å²) in [6, 6.07) is 18.8. The van der Waals surface area contributed by atoms with Crippen molar-refractivity contribution in [3.8, 4) is 11.1 Å². The van der Waals surface area contributed by atoms with Gasteiger partial charge in [0.15, 0.2) is 0 Å². The Kier molecular flexibility index (Phi) is 6.36. The Bertz CT molecular complexity index is 1080. The zero-order chi connectivity index (χ0) is 20.8. The summed E-state index contributed by atoms with van der Waals surface area (Å²) < 4.78 is 9.51. The molecule has 0 aliphatic rings. The number of methoxy groups -OCH3 is 2. The van der Waals surface area contributed by atoms with E-state index in [1.807, 2.05) is 0 Å². The van der Waals surface area contributed by atoms with Gasteiger partial charge in [-0.2, -0.15) is 5.11 Å². The lowest BCUT2D eigenvalue weighted by Crippen LogP contribution is -2.01. The molecule has 0 aliphatic carbocycles. The number of hydrogen-bond acceptors (Lipinski definition) is 6. The molecular weight excluding hydrogens is 392 g/mol. The van der Waals surface area contributed by atoms with Gasteiger partial charge in [0.1, 0.15) is 0 Å². The number of benzene rings is 3. The third kappa shape index (κ3) is 4.86. The van der Waals surface area contributed by atoms with Gasteiger partial charge in [0.25, 0.3) is 0 Å². The fourth-order valence-corrected chi connectivity index (χ4v) is 2.84. The lowest BCUT2D eigenvalue weighted by atomic mass is 10.0. The van der Waals surface area contributed by atoms with Gasteiger partial charge < -0.3 is 9.47 Å². The lowest BCUT2D eigenvalue weighted by molar-refractivity contribution is 0.0592. The quantitative estimate of drug-likeness (QED) is 0.383. The highest BCUT2D eigenvalue weighted by Crippen LogP contribution is 2.33. The van der Waals surface area contributed by atoms with Gasteiger partial charge >= 0.3 is 11.9 Å². The number of carbonyl (C=O) groups excluding carboxylic acids is 2. The van der Waals surface area contributed by atoms with Crippen molar-refractivity contribution in [2.75, 3.05) is 14.2 Å². The molecule has 0 amide bonds. The molecule has 6 nitrogen and oxygen atoms in total. The predicted octanol–water partition coefficient (Wildman–Crippen LogP) is 6.00. The molecule has 0 saturated heterocycles. The molecule has 3 aromatic rings. The van der Waals surface area contributed by atoms with Crippen molar-refractivity contribution >= 4 is 34.9 Å². The van der Waals surface area contributed by atoms with Crippen LogP contribution < -0.4 is 0 Å². The first-order valence-corrected chi connectivity index (χ1v) is 8.98. The molecule has 7 heteroatoms. The molecule has 3 aromatic carbocycles. The molecule has 29 heavy (non-hydrogen) atoms. The summed E-state index contributed by atoms with van der Waals surface area (Å²) in [6.07, 6.45) is 0. The summed E-state index contributed by atoms with van der Waals surface area (Å²) in [4.78, 5) is 23.6. The van der Waals surface area contributed by atoms with E-state index in [2.05, 4.69) is 10.2 Å². The number of carbonyl (C=O) groups is 2. The van der Waals surface area contributed by atoms with Crippen LogP contribution in [0.5, 0.6) is 0 Å². The molecule has 3 rings (SSSR count). The molecule has 0 N–H and O–H groups in total. The van der Waals surface area contributed by atoms with Crippen LogP contribution >= 0.6 is 11.6 Å². The van der Waals surface area contributed by atoms with Crippen LogP contribution in [-0.4, -0.2) is 26.2 Å². The zero-order valence-corrected chi connectivity index (χ0v) is 16.5. The second-order valence-corrected chi connectivity index (χ2v) is 6.41. The van der Waals surface area contributed by atoms with Crippen LogP contribution in [0.2, 0.25) is 5.02 Å². The van der Waals surface area contributed by atoms with Crippen LogP contribution in [0, 0.1) is 0 Å². The van der Waals surface area contributed by atoms with Crippen molar-refractivity contribution in [1.82, 2.24) is 0 Å². The second-order valence-electron chi connectivity index (χ2n) is 5.97. The first-order valence-electron chi connectivity index (χ1n) is 8.60. The third-order valence-electron chi connectivity index (χ3n) is 4.12. The van der Waals surface area contributed by atoms with Gasteiger partial charge in [-0.1, -0.05) is 35.9 Å². The normalized spacial score (nSPS) is 10.7. The number of halogens is 1. The fourth-order valence-electron chi connectivity index (χ4n) is 2.66. The molecule has 0 heterocycles. The van der Waals surface area contributed by atoms with Crippen LogP contribution in [0.15, 0.2) is 77.0 Å². The van der Waals surface area contributed by atoms with Crippen molar-refractivity contribution < 1.29 is 19.1 Å². The summed E-state index contributed by atoms with van der Waals surface area (Å²) in [5.74, 6) is -0.893. The Labute approximate surface area is 172 Å². The van der Waals surface area contributed by atoms with E-state index in [1.54, 1.807) is 66.7 Å². The lowest BCUT2D eigenvalue weighted by Gasteiger charge is -2.08. The molecule has 0 radical (unpaired) electrons. The SMILES string of the molecule is COC(=O)c1ccc(-c2ccc(C(=O)OC)cc2N=Nc2cccc(Cl)c2)cc1. The molecule has 0 atom stereocenters. The summed E-state index contributed by atoms with van der Waals surface area (Å²) in [6.45, 7) is 0. The van der Waals surface area contributed by atoms with Crippen LogP contribution in [0.1, 0.15) is 20.7 Å². The molecule has 0 saturated carbocycles. The third-order valence-corrected chi connectivity index (χ3v) is 4.35. The van der Waals surface area contributed by atoms with Crippen LogP contribution in [0.25, 0.3) is 11.1 Å². The van der Waals surface area contributed by atoms with Gasteiger partial charge in [0, 0.05) is 10.6 Å². The van der Waals surface area contributed by atoms with Crippen molar-refractivity contribution in [3.63, 3.8) is 0 Å². The molecule has 0 bridgehead atoms. The van der Waals surface area contributed by atoms with Crippen molar-refractivity contribution in [3.05, 3.63) is 82.9 Å². The minimum atomic E-state index is -0.475. The van der Waals surface area contributed by atoms with Crippen molar-refractivity contribution in [2.45, 2.75) is 0 Å². The first-order chi connectivity index (χ1) is 14.0. The van der Waals surface area contributed by atoms with E-state index in [1.165, 1.54) is 14.2 Å². The average Bonchev–Trinajstić information content (AvgIpc) is 2.76. The molecular formula is C22H17ClN2O4. The smallest absolute Gasteiger partial charge is 0.337 e. The first kappa shape index (κ1) is 20.2. The van der Waals surface area contributed by atoms with Gasteiger partial charge in [-0.25, -0.2) is 9.59 Å². The maximum Gasteiger partial charge on any atom is 0.337 e. The maximum atomic E-state index is 11.9. The Hall–Kier alpha value is -3.51. The van der Waals surface area contributed by atoms with Gasteiger partial charge in [-0.3, -0.25) is 0 Å². The predicted molar refractivity (Wildman–Crippen MR) is 110 cm³/mol. The number of hydrogen-bond donors (Lipinski definition) is 0. The van der Waals surface area contributed by atoms with Crippen LogP contribution in [0.3, 0.4) is 0 Å².